The fraction of sp³-hybridized carbons (Fsp3) is 0.500. The number of carboxylic acid groups (broad SMARTS) is 1. The Hall–Kier alpha value is -2.14. The van der Waals surface area contributed by atoms with Gasteiger partial charge in [0.05, 0.1) is 18.8 Å². The van der Waals surface area contributed by atoms with Gasteiger partial charge in [-0.2, -0.15) is 5.10 Å². The number of aliphatic carboxylic acids is 1. The van der Waals surface area contributed by atoms with Crippen molar-refractivity contribution in [2.24, 2.45) is 0 Å². The van der Waals surface area contributed by atoms with E-state index in [4.69, 9.17) is 5.10 Å². The molecule has 0 aliphatic rings. The summed E-state index contributed by atoms with van der Waals surface area (Å²) in [6.45, 7) is 11.8. The Labute approximate surface area is 150 Å². The molecule has 1 N–H and O–H groups in total. The van der Waals surface area contributed by atoms with Gasteiger partial charge < -0.3 is 5.11 Å². The van der Waals surface area contributed by atoms with Gasteiger partial charge in [-0.15, -0.1) is 0 Å². The van der Waals surface area contributed by atoms with Crippen molar-refractivity contribution >= 4 is 5.97 Å². The molecule has 0 fully saturated rings. The van der Waals surface area contributed by atoms with Crippen molar-refractivity contribution < 1.29 is 9.90 Å². The largest absolute Gasteiger partial charge is 0.480 e. The Morgan fingerprint density at radius 3 is 2.40 bits per heavy atom. The van der Waals surface area contributed by atoms with Crippen LogP contribution in [-0.2, 0) is 23.3 Å². The molecule has 0 aliphatic carbocycles. The molecule has 0 atom stereocenters. The molecule has 0 spiro atoms. The van der Waals surface area contributed by atoms with Gasteiger partial charge in [-0.05, 0) is 19.4 Å². The first kappa shape index (κ1) is 19.2. The highest BCUT2D eigenvalue weighted by atomic mass is 16.4. The second-order valence-corrected chi connectivity index (χ2v) is 7.83. The number of hydrogen-bond acceptors (Lipinski definition) is 3. The van der Waals surface area contributed by atoms with Crippen molar-refractivity contribution in [2.75, 3.05) is 6.54 Å². The number of aromatic nitrogens is 2. The molecule has 0 amide bonds. The van der Waals surface area contributed by atoms with Crippen LogP contribution in [0.25, 0.3) is 0 Å². The molecular weight excluding hydrogens is 314 g/mol. The van der Waals surface area contributed by atoms with E-state index in [1.807, 2.05) is 41.6 Å². The fourth-order valence-electron chi connectivity index (χ4n) is 2.88. The van der Waals surface area contributed by atoms with Crippen LogP contribution in [-0.4, -0.2) is 38.3 Å². The smallest absolute Gasteiger partial charge is 0.317 e. The van der Waals surface area contributed by atoms with Crippen LogP contribution in [0.4, 0.5) is 0 Å². The normalized spacial score (nSPS) is 12.1. The third-order valence-electron chi connectivity index (χ3n) is 4.18. The summed E-state index contributed by atoms with van der Waals surface area (Å²) < 4.78 is 1.96. The molecule has 25 heavy (non-hydrogen) atoms. The van der Waals surface area contributed by atoms with E-state index in [9.17, 15) is 9.90 Å². The minimum atomic E-state index is -0.803. The van der Waals surface area contributed by atoms with E-state index in [1.54, 1.807) is 0 Å². The van der Waals surface area contributed by atoms with Crippen LogP contribution in [0, 0.1) is 0 Å². The molecule has 1 aromatic carbocycles. The van der Waals surface area contributed by atoms with Crippen LogP contribution in [0.2, 0.25) is 0 Å². The van der Waals surface area contributed by atoms with Crippen LogP contribution < -0.4 is 0 Å². The average molecular weight is 343 g/mol. The van der Waals surface area contributed by atoms with Gasteiger partial charge in [0.15, 0.2) is 0 Å². The summed E-state index contributed by atoms with van der Waals surface area (Å²) in [6, 6.07) is 10.4. The van der Waals surface area contributed by atoms with Crippen LogP contribution in [0.3, 0.4) is 0 Å². The van der Waals surface area contributed by atoms with Crippen molar-refractivity contribution in [2.45, 2.75) is 59.2 Å². The van der Waals surface area contributed by atoms with E-state index >= 15 is 0 Å². The summed E-state index contributed by atoms with van der Waals surface area (Å²) >= 11 is 0. The predicted molar refractivity (Wildman–Crippen MR) is 99.7 cm³/mol. The lowest BCUT2D eigenvalue weighted by atomic mass is 9.89. The number of carbonyl (C=O) groups is 1. The van der Waals surface area contributed by atoms with E-state index < -0.39 is 5.97 Å². The number of hydrogen-bond donors (Lipinski definition) is 1. The average Bonchev–Trinajstić information content (AvgIpc) is 2.90. The maximum atomic E-state index is 11.2. The summed E-state index contributed by atoms with van der Waals surface area (Å²) in [7, 11) is 0. The van der Waals surface area contributed by atoms with Crippen molar-refractivity contribution in [3.8, 4) is 0 Å². The monoisotopic (exact) mass is 343 g/mol. The van der Waals surface area contributed by atoms with Crippen LogP contribution in [0.15, 0.2) is 36.5 Å². The second-order valence-electron chi connectivity index (χ2n) is 7.83. The zero-order valence-electron chi connectivity index (χ0n) is 15.9. The van der Waals surface area contributed by atoms with Gasteiger partial charge >= 0.3 is 5.97 Å². The minimum absolute atomic E-state index is 0.0329. The third kappa shape index (κ3) is 5.43. The molecule has 1 heterocycles. The molecule has 2 rings (SSSR count). The standard InChI is InChI=1S/C20H29N3O2/c1-15(2)22(14-18(24)25)12-17-13-23(21-19(17)20(3,4)5)11-16-9-7-6-8-10-16/h6-10,13,15H,11-12,14H2,1-5H3,(H,24,25). The van der Waals surface area contributed by atoms with Gasteiger partial charge in [0.1, 0.15) is 0 Å². The molecule has 2 aromatic rings. The maximum Gasteiger partial charge on any atom is 0.317 e. The van der Waals surface area contributed by atoms with Crippen molar-refractivity contribution in [3.63, 3.8) is 0 Å². The topological polar surface area (TPSA) is 58.4 Å². The molecule has 0 saturated carbocycles. The SMILES string of the molecule is CC(C)N(CC(=O)O)Cc1cn(Cc2ccccc2)nc1C(C)(C)C. The summed E-state index contributed by atoms with van der Waals surface area (Å²) in [6.07, 6.45) is 2.06. The van der Waals surface area contributed by atoms with E-state index in [0.717, 1.165) is 11.3 Å². The lowest BCUT2D eigenvalue weighted by molar-refractivity contribution is -0.138. The van der Waals surface area contributed by atoms with Gasteiger partial charge in [0.25, 0.3) is 0 Å². The minimum Gasteiger partial charge on any atom is -0.480 e. The highest BCUT2D eigenvalue weighted by Gasteiger charge is 2.25. The first-order valence-electron chi connectivity index (χ1n) is 8.73. The van der Waals surface area contributed by atoms with E-state index in [-0.39, 0.29) is 18.0 Å². The quantitative estimate of drug-likeness (QED) is 0.835. The molecule has 5 heteroatoms. The summed E-state index contributed by atoms with van der Waals surface area (Å²) in [4.78, 5) is 13.1. The molecule has 0 bridgehead atoms. The Balaban J connectivity index is 2.30. The second kappa shape index (κ2) is 7.83. The Bertz CT molecular complexity index is 699. The molecule has 0 saturated heterocycles. The highest BCUT2D eigenvalue weighted by molar-refractivity contribution is 5.69. The first-order valence-corrected chi connectivity index (χ1v) is 8.73. The van der Waals surface area contributed by atoms with Crippen LogP contribution in [0.5, 0.6) is 0 Å². The van der Waals surface area contributed by atoms with Gasteiger partial charge in [-0.25, -0.2) is 0 Å². The van der Waals surface area contributed by atoms with E-state index in [1.165, 1.54) is 5.56 Å². The van der Waals surface area contributed by atoms with Gasteiger partial charge in [-0.3, -0.25) is 14.4 Å². The van der Waals surface area contributed by atoms with Gasteiger partial charge in [-0.1, -0.05) is 51.1 Å². The number of benzene rings is 1. The lowest BCUT2D eigenvalue weighted by Crippen LogP contribution is -2.35. The van der Waals surface area contributed by atoms with Crippen LogP contribution in [0.1, 0.15) is 51.4 Å². The first-order chi connectivity index (χ1) is 11.7. The summed E-state index contributed by atoms with van der Waals surface area (Å²) in [5, 5.41) is 14.0. The molecule has 0 aliphatic heterocycles. The molecule has 0 unspecified atom stereocenters. The molecule has 0 radical (unpaired) electrons. The highest BCUT2D eigenvalue weighted by Crippen LogP contribution is 2.26. The fourth-order valence-corrected chi connectivity index (χ4v) is 2.88. The lowest BCUT2D eigenvalue weighted by Gasteiger charge is -2.26. The molecular formula is C20H29N3O2. The van der Waals surface area contributed by atoms with Crippen molar-refractivity contribution in [1.29, 1.82) is 0 Å². The number of rotatable bonds is 7. The summed E-state index contributed by atoms with van der Waals surface area (Å²) in [5.41, 5.74) is 3.23. The van der Waals surface area contributed by atoms with Crippen molar-refractivity contribution in [3.05, 3.63) is 53.3 Å². The van der Waals surface area contributed by atoms with E-state index in [2.05, 4.69) is 39.1 Å². The van der Waals surface area contributed by atoms with Gasteiger partial charge in [0, 0.05) is 29.8 Å². The molecule has 136 valence electrons. The third-order valence-corrected chi connectivity index (χ3v) is 4.18. The molecule has 1 aromatic heterocycles. The van der Waals surface area contributed by atoms with Crippen molar-refractivity contribution in [1.82, 2.24) is 14.7 Å². The Morgan fingerprint density at radius 1 is 1.24 bits per heavy atom. The summed E-state index contributed by atoms with van der Waals surface area (Å²) in [5.74, 6) is -0.803. The number of nitrogens with zero attached hydrogens (tertiary/aromatic N) is 3. The zero-order chi connectivity index (χ0) is 18.6. The number of carboxylic acids is 1. The predicted octanol–water partition coefficient (Wildman–Crippen LogP) is 3.52. The zero-order valence-corrected chi connectivity index (χ0v) is 15.9. The molecule has 5 nitrogen and oxygen atoms in total. The maximum absolute atomic E-state index is 11.2. The van der Waals surface area contributed by atoms with Gasteiger partial charge in [0.2, 0.25) is 0 Å². The Morgan fingerprint density at radius 2 is 1.88 bits per heavy atom. The Kier molecular flexibility index (Phi) is 6.01. The van der Waals surface area contributed by atoms with Crippen LogP contribution >= 0.6 is 0 Å². The van der Waals surface area contributed by atoms with E-state index in [0.29, 0.717) is 13.1 Å².